The SMILES string of the molecule is COc1ccc(NC(=O)c2ccc(CN(c3cccc(Cl)c3)S(=O)(=O)c3ccc(C)cc3)cc2)cc1. The third kappa shape index (κ3) is 5.87. The minimum atomic E-state index is -3.87. The van der Waals surface area contributed by atoms with E-state index in [0.29, 0.717) is 33.3 Å². The van der Waals surface area contributed by atoms with Gasteiger partial charge in [0.2, 0.25) is 0 Å². The molecule has 0 aliphatic carbocycles. The summed E-state index contributed by atoms with van der Waals surface area (Å²) in [7, 11) is -2.30. The van der Waals surface area contributed by atoms with Gasteiger partial charge >= 0.3 is 0 Å². The number of anilines is 2. The van der Waals surface area contributed by atoms with Crippen LogP contribution in [0.25, 0.3) is 0 Å². The first kappa shape index (κ1) is 25.3. The summed E-state index contributed by atoms with van der Waals surface area (Å²) in [5, 5.41) is 3.27. The van der Waals surface area contributed by atoms with Crippen molar-refractivity contribution in [2.24, 2.45) is 0 Å². The van der Waals surface area contributed by atoms with Crippen molar-refractivity contribution in [3.8, 4) is 5.75 Å². The van der Waals surface area contributed by atoms with Crippen LogP contribution < -0.4 is 14.4 Å². The second kappa shape index (κ2) is 10.8. The Labute approximate surface area is 216 Å². The quantitative estimate of drug-likeness (QED) is 0.295. The molecule has 4 aromatic carbocycles. The van der Waals surface area contributed by atoms with Gasteiger partial charge in [0.05, 0.1) is 24.2 Å². The van der Waals surface area contributed by atoms with Crippen molar-refractivity contribution in [2.75, 3.05) is 16.7 Å². The monoisotopic (exact) mass is 520 g/mol. The summed E-state index contributed by atoms with van der Waals surface area (Å²) in [6.45, 7) is 1.97. The van der Waals surface area contributed by atoms with Crippen molar-refractivity contribution in [3.05, 3.63) is 119 Å². The summed E-state index contributed by atoms with van der Waals surface area (Å²) in [4.78, 5) is 12.9. The molecule has 0 heterocycles. The van der Waals surface area contributed by atoms with Crippen molar-refractivity contribution in [3.63, 3.8) is 0 Å². The molecule has 0 fully saturated rings. The molecule has 36 heavy (non-hydrogen) atoms. The lowest BCUT2D eigenvalue weighted by Crippen LogP contribution is -2.30. The Bertz CT molecular complexity index is 1450. The van der Waals surface area contributed by atoms with E-state index in [4.69, 9.17) is 16.3 Å². The van der Waals surface area contributed by atoms with Crippen LogP contribution in [0.4, 0.5) is 11.4 Å². The number of nitrogens with one attached hydrogen (secondary N) is 1. The number of ether oxygens (including phenoxy) is 1. The predicted molar refractivity (Wildman–Crippen MR) is 143 cm³/mol. The topological polar surface area (TPSA) is 75.7 Å². The molecule has 0 unspecified atom stereocenters. The van der Waals surface area contributed by atoms with Crippen molar-refractivity contribution in [2.45, 2.75) is 18.4 Å². The van der Waals surface area contributed by atoms with Crippen LogP contribution in [0.5, 0.6) is 5.75 Å². The highest BCUT2D eigenvalue weighted by molar-refractivity contribution is 7.92. The maximum atomic E-state index is 13.6. The lowest BCUT2D eigenvalue weighted by molar-refractivity contribution is 0.102. The van der Waals surface area contributed by atoms with Crippen molar-refractivity contribution in [1.82, 2.24) is 0 Å². The Morgan fingerprint density at radius 2 is 1.58 bits per heavy atom. The zero-order valence-corrected chi connectivity index (χ0v) is 21.4. The summed E-state index contributed by atoms with van der Waals surface area (Å²) in [6.07, 6.45) is 0. The summed E-state index contributed by atoms with van der Waals surface area (Å²) in [6, 6.07) is 27.3. The second-order valence-corrected chi connectivity index (χ2v) is 10.5. The number of methoxy groups -OCH3 is 1. The molecule has 0 bridgehead atoms. The maximum absolute atomic E-state index is 13.6. The number of sulfonamides is 1. The lowest BCUT2D eigenvalue weighted by atomic mass is 10.1. The highest BCUT2D eigenvalue weighted by atomic mass is 35.5. The van der Waals surface area contributed by atoms with Gasteiger partial charge in [-0.1, -0.05) is 47.5 Å². The average molecular weight is 521 g/mol. The smallest absolute Gasteiger partial charge is 0.264 e. The number of benzene rings is 4. The van der Waals surface area contributed by atoms with Gasteiger partial charge in [0.15, 0.2) is 0 Å². The normalized spacial score (nSPS) is 11.1. The van der Waals surface area contributed by atoms with Gasteiger partial charge in [0, 0.05) is 16.3 Å². The van der Waals surface area contributed by atoms with E-state index in [-0.39, 0.29) is 17.3 Å². The second-order valence-electron chi connectivity index (χ2n) is 8.18. The number of aryl methyl sites for hydroxylation is 1. The predicted octanol–water partition coefficient (Wildman–Crippen LogP) is 6.30. The Morgan fingerprint density at radius 1 is 0.917 bits per heavy atom. The first-order chi connectivity index (χ1) is 17.3. The van der Waals surface area contributed by atoms with Gasteiger partial charge in [0.1, 0.15) is 5.75 Å². The molecule has 0 aliphatic heterocycles. The molecule has 0 aromatic heterocycles. The molecule has 1 amide bonds. The molecule has 0 atom stereocenters. The standard InChI is InChI=1S/C28H25ClN2O4S/c1-20-6-16-27(17-7-20)36(33,34)31(25-5-3-4-23(29)18-25)19-21-8-10-22(11-9-21)28(32)30-24-12-14-26(35-2)15-13-24/h3-18H,19H2,1-2H3,(H,30,32). The fourth-order valence-corrected chi connectivity index (χ4v) is 5.22. The van der Waals surface area contributed by atoms with Crippen LogP contribution in [0.3, 0.4) is 0 Å². The summed E-state index contributed by atoms with van der Waals surface area (Å²) < 4.78 is 33.6. The van der Waals surface area contributed by atoms with Crippen LogP contribution in [0.1, 0.15) is 21.5 Å². The molecular weight excluding hydrogens is 496 g/mol. The van der Waals surface area contributed by atoms with E-state index in [0.717, 1.165) is 5.56 Å². The van der Waals surface area contributed by atoms with Gasteiger partial charge in [-0.25, -0.2) is 8.42 Å². The molecule has 0 aliphatic rings. The molecule has 0 saturated carbocycles. The molecule has 4 aromatic rings. The molecule has 1 N–H and O–H groups in total. The number of carbonyl (C=O) groups is 1. The molecule has 0 spiro atoms. The number of rotatable bonds is 8. The Morgan fingerprint density at radius 3 is 2.19 bits per heavy atom. The van der Waals surface area contributed by atoms with E-state index in [2.05, 4.69) is 5.32 Å². The largest absolute Gasteiger partial charge is 0.497 e. The van der Waals surface area contributed by atoms with Gasteiger partial charge in [0.25, 0.3) is 15.9 Å². The van der Waals surface area contributed by atoms with Gasteiger partial charge in [-0.2, -0.15) is 0 Å². The van der Waals surface area contributed by atoms with Gasteiger partial charge in [-0.15, -0.1) is 0 Å². The van der Waals surface area contributed by atoms with Gasteiger partial charge in [-0.05, 0) is 79.2 Å². The summed E-state index contributed by atoms with van der Waals surface area (Å²) in [5.41, 5.74) is 3.22. The Kier molecular flexibility index (Phi) is 7.62. The van der Waals surface area contributed by atoms with Crippen molar-refractivity contribution >= 4 is 38.9 Å². The van der Waals surface area contributed by atoms with Crippen molar-refractivity contribution < 1.29 is 17.9 Å². The molecule has 184 valence electrons. The van der Waals surface area contributed by atoms with Crippen LogP contribution in [-0.4, -0.2) is 21.4 Å². The zero-order chi connectivity index (χ0) is 25.7. The first-order valence-corrected chi connectivity index (χ1v) is 13.0. The molecule has 4 rings (SSSR count). The fraction of sp³-hybridized carbons (Fsp3) is 0.107. The minimum Gasteiger partial charge on any atom is -0.497 e. The van der Waals surface area contributed by atoms with Crippen LogP contribution in [0, 0.1) is 6.92 Å². The number of amides is 1. The number of carbonyl (C=O) groups excluding carboxylic acids is 1. The number of hydrogen-bond acceptors (Lipinski definition) is 4. The van der Waals surface area contributed by atoms with Gasteiger partial charge < -0.3 is 10.1 Å². The van der Waals surface area contributed by atoms with Crippen LogP contribution in [0.15, 0.2) is 102 Å². The zero-order valence-electron chi connectivity index (χ0n) is 19.8. The molecular formula is C28H25ClN2O4S. The Balaban J connectivity index is 1.58. The Hall–Kier alpha value is -3.81. The van der Waals surface area contributed by atoms with E-state index in [1.807, 2.05) is 6.92 Å². The average Bonchev–Trinajstić information content (AvgIpc) is 2.88. The number of hydrogen-bond donors (Lipinski definition) is 1. The van der Waals surface area contributed by atoms with E-state index in [1.165, 1.54) is 4.31 Å². The third-order valence-corrected chi connectivity index (χ3v) is 7.62. The highest BCUT2D eigenvalue weighted by Gasteiger charge is 2.25. The van der Waals surface area contributed by atoms with E-state index in [1.54, 1.807) is 104 Å². The summed E-state index contributed by atoms with van der Waals surface area (Å²) >= 11 is 6.17. The summed E-state index contributed by atoms with van der Waals surface area (Å²) in [5.74, 6) is 0.424. The third-order valence-electron chi connectivity index (χ3n) is 5.60. The highest BCUT2D eigenvalue weighted by Crippen LogP contribution is 2.28. The minimum absolute atomic E-state index is 0.0664. The molecule has 0 radical (unpaired) electrons. The van der Waals surface area contributed by atoms with E-state index >= 15 is 0 Å². The van der Waals surface area contributed by atoms with Crippen LogP contribution >= 0.6 is 11.6 Å². The number of nitrogens with zero attached hydrogens (tertiary/aromatic N) is 1. The van der Waals surface area contributed by atoms with Crippen LogP contribution in [-0.2, 0) is 16.6 Å². The lowest BCUT2D eigenvalue weighted by Gasteiger charge is -2.25. The maximum Gasteiger partial charge on any atom is 0.264 e. The molecule has 8 heteroatoms. The molecule has 6 nitrogen and oxygen atoms in total. The van der Waals surface area contributed by atoms with E-state index in [9.17, 15) is 13.2 Å². The van der Waals surface area contributed by atoms with E-state index < -0.39 is 10.0 Å². The van der Waals surface area contributed by atoms with Gasteiger partial charge in [-0.3, -0.25) is 9.10 Å². The first-order valence-electron chi connectivity index (χ1n) is 11.2. The van der Waals surface area contributed by atoms with Crippen LogP contribution in [0.2, 0.25) is 5.02 Å². The van der Waals surface area contributed by atoms with Crippen molar-refractivity contribution in [1.29, 1.82) is 0 Å². The fourth-order valence-electron chi connectivity index (χ4n) is 3.59. The number of halogens is 1. The molecule has 0 saturated heterocycles.